The molecular formula is C22H31N3O4. The molecule has 4 rings (SSSR count). The lowest BCUT2D eigenvalue weighted by molar-refractivity contribution is -0.130. The first-order valence-corrected chi connectivity index (χ1v) is 10.6. The maximum atomic E-state index is 12.9. The number of urea groups is 1. The zero-order chi connectivity index (χ0) is 20.3. The van der Waals surface area contributed by atoms with Crippen LogP contribution in [0.3, 0.4) is 0 Å². The number of carbonyl (C=O) groups excluding carboxylic acids is 2. The van der Waals surface area contributed by atoms with Crippen molar-refractivity contribution in [2.24, 2.45) is 5.41 Å². The minimum atomic E-state index is -0.183. The third kappa shape index (κ3) is 4.34. The van der Waals surface area contributed by atoms with Crippen molar-refractivity contribution in [3.8, 4) is 5.75 Å². The van der Waals surface area contributed by atoms with Crippen LogP contribution in [0.5, 0.6) is 5.75 Å². The number of benzene rings is 1. The van der Waals surface area contributed by atoms with Gasteiger partial charge in [-0.05, 0) is 43.4 Å². The van der Waals surface area contributed by atoms with Gasteiger partial charge in [-0.3, -0.25) is 4.79 Å². The molecule has 7 nitrogen and oxygen atoms in total. The lowest BCUT2D eigenvalue weighted by Crippen LogP contribution is -2.57. The summed E-state index contributed by atoms with van der Waals surface area (Å²) in [5, 5.41) is 3.27. The molecule has 1 aromatic carbocycles. The molecule has 1 aromatic rings. The monoisotopic (exact) mass is 401 g/mol. The molecule has 158 valence electrons. The molecule has 0 aliphatic carbocycles. The number of rotatable bonds is 4. The standard InChI is InChI=1S/C22H31N3O4/c1-28-18-6-4-5-17(13-18)14-20(26)25-11-8-22(15-25)16-29-12-7-19(22)23-21(27)24-9-2-3-10-24/h4-6,13,19H,2-3,7-12,14-16H2,1H3,(H,23,27)/t19-,22-/m1/s1. The molecule has 1 N–H and O–H groups in total. The normalized spacial score (nSPS) is 26.7. The van der Waals surface area contributed by atoms with Gasteiger partial charge in [0.2, 0.25) is 5.91 Å². The van der Waals surface area contributed by atoms with Crippen LogP contribution in [0.2, 0.25) is 0 Å². The lowest BCUT2D eigenvalue weighted by atomic mass is 9.77. The highest BCUT2D eigenvalue weighted by atomic mass is 16.5. The van der Waals surface area contributed by atoms with Gasteiger partial charge < -0.3 is 24.6 Å². The summed E-state index contributed by atoms with van der Waals surface area (Å²) in [7, 11) is 1.63. The summed E-state index contributed by atoms with van der Waals surface area (Å²) in [5.41, 5.74) is 0.770. The molecule has 3 aliphatic heterocycles. The molecule has 3 aliphatic rings. The number of ether oxygens (including phenoxy) is 2. The molecule has 0 unspecified atom stereocenters. The third-order valence-electron chi connectivity index (χ3n) is 6.60. The second-order valence-electron chi connectivity index (χ2n) is 8.49. The molecule has 3 fully saturated rings. The molecule has 0 bridgehead atoms. The first-order valence-electron chi connectivity index (χ1n) is 10.6. The van der Waals surface area contributed by atoms with Crippen molar-refractivity contribution >= 4 is 11.9 Å². The second-order valence-corrected chi connectivity index (χ2v) is 8.49. The maximum Gasteiger partial charge on any atom is 0.317 e. The number of hydrogen-bond donors (Lipinski definition) is 1. The van der Waals surface area contributed by atoms with Crippen LogP contribution in [0.25, 0.3) is 0 Å². The number of nitrogens with one attached hydrogen (secondary N) is 1. The Morgan fingerprint density at radius 3 is 2.86 bits per heavy atom. The summed E-state index contributed by atoms with van der Waals surface area (Å²) in [6.07, 6.45) is 4.19. The molecule has 29 heavy (non-hydrogen) atoms. The van der Waals surface area contributed by atoms with Crippen molar-refractivity contribution < 1.29 is 19.1 Å². The van der Waals surface area contributed by atoms with Gasteiger partial charge in [-0.25, -0.2) is 4.79 Å². The maximum absolute atomic E-state index is 12.9. The molecule has 1 spiro atoms. The van der Waals surface area contributed by atoms with Gasteiger partial charge in [0.1, 0.15) is 5.75 Å². The van der Waals surface area contributed by atoms with Crippen LogP contribution in [0, 0.1) is 5.41 Å². The van der Waals surface area contributed by atoms with E-state index in [1.165, 1.54) is 0 Å². The van der Waals surface area contributed by atoms with Crippen LogP contribution in [0.4, 0.5) is 4.79 Å². The fourth-order valence-electron chi connectivity index (χ4n) is 4.85. The predicted molar refractivity (Wildman–Crippen MR) is 109 cm³/mol. The summed E-state index contributed by atoms with van der Waals surface area (Å²) in [6, 6.07) is 7.74. The highest BCUT2D eigenvalue weighted by Crippen LogP contribution is 2.39. The average Bonchev–Trinajstić information content (AvgIpc) is 3.41. The smallest absolute Gasteiger partial charge is 0.317 e. The molecule has 0 radical (unpaired) electrons. The number of carbonyl (C=O) groups is 2. The molecule has 3 heterocycles. The van der Waals surface area contributed by atoms with E-state index in [1.54, 1.807) is 7.11 Å². The molecule has 3 saturated heterocycles. The summed E-state index contributed by atoms with van der Waals surface area (Å²) in [4.78, 5) is 29.4. The van der Waals surface area contributed by atoms with Gasteiger partial charge in [-0.15, -0.1) is 0 Å². The van der Waals surface area contributed by atoms with E-state index in [-0.39, 0.29) is 23.4 Å². The minimum absolute atomic E-state index is 0.0370. The Bertz CT molecular complexity index is 749. The van der Waals surface area contributed by atoms with Crippen LogP contribution >= 0.6 is 0 Å². The van der Waals surface area contributed by atoms with Crippen LogP contribution in [-0.2, 0) is 16.0 Å². The Labute approximate surface area is 172 Å². The molecule has 0 saturated carbocycles. The van der Waals surface area contributed by atoms with Crippen LogP contribution in [0.15, 0.2) is 24.3 Å². The van der Waals surface area contributed by atoms with Gasteiger partial charge in [-0.1, -0.05) is 12.1 Å². The summed E-state index contributed by atoms with van der Waals surface area (Å²) in [6.45, 7) is 4.29. The van der Waals surface area contributed by atoms with Crippen LogP contribution in [-0.4, -0.2) is 74.3 Å². The quantitative estimate of drug-likeness (QED) is 0.838. The van der Waals surface area contributed by atoms with Gasteiger partial charge >= 0.3 is 6.03 Å². The average molecular weight is 402 g/mol. The Balaban J connectivity index is 1.39. The van der Waals surface area contributed by atoms with E-state index in [4.69, 9.17) is 9.47 Å². The van der Waals surface area contributed by atoms with Gasteiger partial charge in [0.15, 0.2) is 0 Å². The number of nitrogens with zero attached hydrogens (tertiary/aromatic N) is 2. The van der Waals surface area contributed by atoms with E-state index in [9.17, 15) is 9.59 Å². The molecule has 0 aromatic heterocycles. The second kappa shape index (κ2) is 8.61. The van der Waals surface area contributed by atoms with Crippen molar-refractivity contribution in [3.63, 3.8) is 0 Å². The van der Waals surface area contributed by atoms with E-state index in [0.717, 1.165) is 50.1 Å². The largest absolute Gasteiger partial charge is 0.497 e. The Morgan fingerprint density at radius 2 is 2.07 bits per heavy atom. The van der Waals surface area contributed by atoms with E-state index in [2.05, 4.69) is 5.32 Å². The van der Waals surface area contributed by atoms with Gasteiger partial charge in [0.05, 0.1) is 20.1 Å². The van der Waals surface area contributed by atoms with Crippen molar-refractivity contribution in [2.45, 2.75) is 38.1 Å². The summed E-state index contributed by atoms with van der Waals surface area (Å²) < 4.78 is 11.1. The van der Waals surface area contributed by atoms with E-state index in [0.29, 0.717) is 32.7 Å². The number of methoxy groups -OCH3 is 1. The fourth-order valence-corrected chi connectivity index (χ4v) is 4.85. The third-order valence-corrected chi connectivity index (χ3v) is 6.60. The highest BCUT2D eigenvalue weighted by molar-refractivity contribution is 5.79. The van der Waals surface area contributed by atoms with Gasteiger partial charge in [0, 0.05) is 44.2 Å². The Kier molecular flexibility index (Phi) is 5.94. The summed E-state index contributed by atoms with van der Waals surface area (Å²) >= 11 is 0. The highest BCUT2D eigenvalue weighted by Gasteiger charge is 2.48. The van der Waals surface area contributed by atoms with Gasteiger partial charge in [-0.2, -0.15) is 0 Å². The summed E-state index contributed by atoms with van der Waals surface area (Å²) in [5.74, 6) is 0.879. The van der Waals surface area contributed by atoms with Gasteiger partial charge in [0.25, 0.3) is 0 Å². The van der Waals surface area contributed by atoms with Crippen molar-refractivity contribution in [2.75, 3.05) is 46.5 Å². The topological polar surface area (TPSA) is 71.1 Å². The predicted octanol–water partition coefficient (Wildman–Crippen LogP) is 2.05. The number of likely N-dealkylation sites (tertiary alicyclic amines) is 2. The molecular weight excluding hydrogens is 370 g/mol. The Morgan fingerprint density at radius 1 is 1.24 bits per heavy atom. The Hall–Kier alpha value is -2.28. The lowest BCUT2D eigenvalue weighted by Gasteiger charge is -2.41. The first kappa shape index (κ1) is 20.0. The first-order chi connectivity index (χ1) is 14.1. The molecule has 7 heteroatoms. The van der Waals surface area contributed by atoms with Crippen molar-refractivity contribution in [3.05, 3.63) is 29.8 Å². The van der Waals surface area contributed by atoms with E-state index in [1.807, 2.05) is 34.1 Å². The van der Waals surface area contributed by atoms with Crippen LogP contribution in [0.1, 0.15) is 31.2 Å². The zero-order valence-corrected chi connectivity index (χ0v) is 17.2. The molecule has 2 atom stereocenters. The van der Waals surface area contributed by atoms with Crippen molar-refractivity contribution in [1.29, 1.82) is 0 Å². The SMILES string of the molecule is COc1cccc(CC(=O)N2CC[C@]3(COCC[C@H]3NC(=O)N3CCCC3)C2)c1. The number of amides is 3. The molecule has 3 amide bonds. The number of hydrogen-bond acceptors (Lipinski definition) is 4. The van der Waals surface area contributed by atoms with Crippen molar-refractivity contribution in [1.82, 2.24) is 15.1 Å². The minimum Gasteiger partial charge on any atom is -0.497 e. The van der Waals surface area contributed by atoms with Crippen LogP contribution < -0.4 is 10.1 Å². The zero-order valence-electron chi connectivity index (χ0n) is 17.2. The van der Waals surface area contributed by atoms with E-state index >= 15 is 0 Å². The fraction of sp³-hybridized carbons (Fsp3) is 0.636. The van der Waals surface area contributed by atoms with E-state index < -0.39 is 0 Å².